The van der Waals surface area contributed by atoms with E-state index in [1.54, 1.807) is 0 Å². The molecule has 0 unspecified atom stereocenters. The van der Waals surface area contributed by atoms with Gasteiger partial charge in [0.05, 0.1) is 0 Å². The van der Waals surface area contributed by atoms with Crippen molar-refractivity contribution < 1.29 is 19.1 Å². The number of carbonyl (C=O) groups excluding carboxylic acids is 2. The third-order valence-corrected chi connectivity index (χ3v) is 10.5. The zero-order valence-corrected chi connectivity index (χ0v) is 31.6. The highest BCUT2D eigenvalue weighted by Crippen LogP contribution is 2.50. The number of rotatable bonds is 17. The van der Waals surface area contributed by atoms with Gasteiger partial charge in [-0.05, 0) is 69.5 Å². The highest BCUT2D eigenvalue weighted by molar-refractivity contribution is 6.27. The minimum atomic E-state index is -0.185. The van der Waals surface area contributed by atoms with Crippen LogP contribution in [0.2, 0.25) is 0 Å². The summed E-state index contributed by atoms with van der Waals surface area (Å²) >= 11 is 0. The lowest BCUT2D eigenvalue weighted by atomic mass is 9.84. The Morgan fingerprint density at radius 1 is 0.423 bits per heavy atom. The summed E-state index contributed by atoms with van der Waals surface area (Å²) in [5.41, 5.74) is 4.63. The van der Waals surface area contributed by atoms with E-state index in [-0.39, 0.29) is 11.9 Å². The van der Waals surface area contributed by atoms with Crippen molar-refractivity contribution in [3.63, 3.8) is 0 Å². The normalized spacial score (nSPS) is 11.5. The monoisotopic (exact) mass is 694 g/mol. The van der Waals surface area contributed by atoms with E-state index in [2.05, 4.69) is 100 Å². The molecule has 52 heavy (non-hydrogen) atoms. The molecule has 6 aromatic rings. The number of ether oxygens (including phenoxy) is 2. The quantitative estimate of drug-likeness (QED) is 0.0413. The average Bonchev–Trinajstić information content (AvgIpc) is 3.17. The molecule has 0 spiro atoms. The fourth-order valence-electron chi connectivity index (χ4n) is 7.65. The molecular weight excluding hydrogens is 641 g/mol. The van der Waals surface area contributed by atoms with Gasteiger partial charge in [0.25, 0.3) is 0 Å². The van der Waals surface area contributed by atoms with Crippen molar-refractivity contribution in [2.45, 2.75) is 118 Å². The first-order valence-corrected chi connectivity index (χ1v) is 19.8. The van der Waals surface area contributed by atoms with Crippen molar-refractivity contribution in [1.29, 1.82) is 0 Å². The Morgan fingerprint density at radius 2 is 0.788 bits per heavy atom. The van der Waals surface area contributed by atoms with Gasteiger partial charge < -0.3 is 9.47 Å². The van der Waals surface area contributed by atoms with Crippen LogP contribution in [-0.4, -0.2) is 11.9 Å². The second-order valence-corrected chi connectivity index (χ2v) is 14.2. The Hall–Kier alpha value is -4.70. The van der Waals surface area contributed by atoms with Gasteiger partial charge in [-0.15, -0.1) is 0 Å². The Balaban J connectivity index is 1.58. The van der Waals surface area contributed by atoms with E-state index < -0.39 is 0 Å². The summed E-state index contributed by atoms with van der Waals surface area (Å²) in [6.45, 7) is 8.75. The number of esters is 2. The third-order valence-electron chi connectivity index (χ3n) is 10.5. The van der Waals surface area contributed by atoms with Crippen LogP contribution in [-0.2, 0) is 22.4 Å². The van der Waals surface area contributed by atoms with Gasteiger partial charge in [0.15, 0.2) is 0 Å². The lowest BCUT2D eigenvalue weighted by molar-refractivity contribution is -0.135. The molecule has 0 atom stereocenters. The number of hydrogen-bond donors (Lipinski definition) is 0. The fraction of sp³-hybridized carbons (Fsp3) is 0.375. The van der Waals surface area contributed by atoms with Crippen LogP contribution in [0.3, 0.4) is 0 Å². The molecule has 0 aliphatic heterocycles. The van der Waals surface area contributed by atoms with E-state index in [1.165, 1.54) is 36.8 Å². The van der Waals surface area contributed by atoms with Crippen LogP contribution < -0.4 is 9.47 Å². The fourth-order valence-corrected chi connectivity index (χ4v) is 7.65. The van der Waals surface area contributed by atoms with Crippen LogP contribution in [0.4, 0.5) is 0 Å². The van der Waals surface area contributed by atoms with Crippen molar-refractivity contribution in [2.24, 2.45) is 0 Å². The molecule has 0 N–H and O–H groups in total. The third kappa shape index (κ3) is 8.02. The molecule has 0 aliphatic rings. The molecule has 0 aromatic heterocycles. The summed E-state index contributed by atoms with van der Waals surface area (Å²) in [6, 6.07) is 29.8. The van der Waals surface area contributed by atoms with Crippen molar-refractivity contribution in [3.8, 4) is 22.6 Å². The van der Waals surface area contributed by atoms with Gasteiger partial charge in [-0.2, -0.15) is 0 Å². The summed E-state index contributed by atoms with van der Waals surface area (Å²) in [4.78, 5) is 26.8. The van der Waals surface area contributed by atoms with Gasteiger partial charge in [0, 0.05) is 34.4 Å². The number of fused-ring (bicyclic) bond motifs is 4. The standard InChI is InChI=1S/C48H54O4/c1-5-9-11-13-15-25-43(49)51-47-37-23-19-17-21-35(37)45(41-31-33(7-3)27-29-39(41)47)46-36-22-18-20-24-38(36)48(40-30-28-34(8-4)32-42(40)46)52-44(50)26-16-14-12-10-6-2/h17-24,27-32H,5-16,25-26H2,1-4H3. The molecule has 4 heteroatoms. The first-order valence-electron chi connectivity index (χ1n) is 19.8. The summed E-state index contributed by atoms with van der Waals surface area (Å²) in [5, 5.41) is 7.83. The summed E-state index contributed by atoms with van der Waals surface area (Å²) in [7, 11) is 0. The van der Waals surface area contributed by atoms with Gasteiger partial charge in [0.2, 0.25) is 0 Å². The number of aryl methyl sites for hydroxylation is 2. The molecule has 0 fully saturated rings. The smallest absolute Gasteiger partial charge is 0.311 e. The highest BCUT2D eigenvalue weighted by Gasteiger charge is 2.24. The average molecular weight is 695 g/mol. The van der Waals surface area contributed by atoms with E-state index >= 15 is 0 Å². The maximum Gasteiger partial charge on any atom is 0.311 e. The Bertz CT molecular complexity index is 2040. The van der Waals surface area contributed by atoms with Crippen molar-refractivity contribution >= 4 is 55.0 Å². The number of unbranched alkanes of at least 4 members (excludes halogenated alkanes) is 8. The molecule has 0 heterocycles. The topological polar surface area (TPSA) is 52.6 Å². The molecule has 0 aliphatic carbocycles. The molecule has 4 nitrogen and oxygen atoms in total. The summed E-state index contributed by atoms with van der Waals surface area (Å²) in [5.74, 6) is 0.886. The molecule has 6 rings (SSSR count). The highest BCUT2D eigenvalue weighted by atomic mass is 16.5. The first kappa shape index (κ1) is 37.1. The van der Waals surface area contributed by atoms with Crippen LogP contribution in [0.15, 0.2) is 84.9 Å². The van der Waals surface area contributed by atoms with Crippen LogP contribution in [0, 0.1) is 0 Å². The largest absolute Gasteiger partial charge is 0.425 e. The van der Waals surface area contributed by atoms with E-state index in [9.17, 15) is 9.59 Å². The zero-order valence-electron chi connectivity index (χ0n) is 31.6. The molecule has 0 radical (unpaired) electrons. The van der Waals surface area contributed by atoms with E-state index in [0.29, 0.717) is 24.3 Å². The van der Waals surface area contributed by atoms with E-state index in [1.807, 2.05) is 12.1 Å². The Kier molecular flexibility index (Phi) is 12.6. The van der Waals surface area contributed by atoms with Crippen LogP contribution >= 0.6 is 0 Å². The van der Waals surface area contributed by atoms with E-state index in [0.717, 1.165) is 106 Å². The summed E-state index contributed by atoms with van der Waals surface area (Å²) < 4.78 is 12.7. The molecular formula is C48H54O4. The van der Waals surface area contributed by atoms with Gasteiger partial charge in [-0.1, -0.05) is 164 Å². The minimum Gasteiger partial charge on any atom is -0.425 e. The van der Waals surface area contributed by atoms with Gasteiger partial charge in [-0.3, -0.25) is 9.59 Å². The lowest BCUT2D eigenvalue weighted by Gasteiger charge is -2.22. The molecule has 6 aromatic carbocycles. The van der Waals surface area contributed by atoms with Gasteiger partial charge in [0.1, 0.15) is 11.5 Å². The van der Waals surface area contributed by atoms with Crippen molar-refractivity contribution in [1.82, 2.24) is 0 Å². The van der Waals surface area contributed by atoms with Gasteiger partial charge >= 0.3 is 11.9 Å². The van der Waals surface area contributed by atoms with Crippen molar-refractivity contribution in [3.05, 3.63) is 96.1 Å². The Labute approximate surface area is 309 Å². The van der Waals surface area contributed by atoms with Crippen LogP contribution in [0.5, 0.6) is 11.5 Å². The second kappa shape index (κ2) is 17.7. The molecule has 0 saturated carbocycles. The number of carbonyl (C=O) groups is 2. The first-order chi connectivity index (χ1) is 25.5. The molecule has 0 amide bonds. The second-order valence-electron chi connectivity index (χ2n) is 14.2. The SMILES string of the molecule is CCCCCCCC(=O)Oc1c2ccccc2c(-c2c3ccccc3c(OC(=O)CCCCCCC)c3ccc(CC)cc23)c2cc(CC)ccc12. The molecule has 0 bridgehead atoms. The molecule has 270 valence electrons. The van der Waals surface area contributed by atoms with E-state index in [4.69, 9.17) is 9.47 Å². The zero-order chi connectivity index (χ0) is 36.5. The van der Waals surface area contributed by atoms with Gasteiger partial charge in [-0.25, -0.2) is 0 Å². The predicted molar refractivity (Wildman–Crippen MR) is 219 cm³/mol. The van der Waals surface area contributed by atoms with Crippen LogP contribution in [0.1, 0.15) is 116 Å². The number of benzene rings is 6. The minimum absolute atomic E-state index is 0.185. The maximum atomic E-state index is 13.4. The predicted octanol–water partition coefficient (Wildman–Crippen LogP) is 13.6. The summed E-state index contributed by atoms with van der Waals surface area (Å²) in [6.07, 6.45) is 13.3. The Morgan fingerprint density at radius 3 is 1.17 bits per heavy atom. The lowest BCUT2D eigenvalue weighted by Crippen LogP contribution is -2.09. The molecule has 0 saturated heterocycles. The maximum absolute atomic E-state index is 13.4. The number of hydrogen-bond acceptors (Lipinski definition) is 4. The van der Waals surface area contributed by atoms with Crippen molar-refractivity contribution in [2.75, 3.05) is 0 Å². The van der Waals surface area contributed by atoms with Crippen LogP contribution in [0.25, 0.3) is 54.2 Å².